The summed E-state index contributed by atoms with van der Waals surface area (Å²) >= 11 is 0. The van der Waals surface area contributed by atoms with Gasteiger partial charge >= 0.3 is 0 Å². The number of hydrogen-bond donors (Lipinski definition) is 2. The Morgan fingerprint density at radius 1 is 0.862 bits per heavy atom. The molecule has 2 aromatic heterocycles. The van der Waals surface area contributed by atoms with Crippen LogP contribution in [0, 0.1) is 0 Å². The summed E-state index contributed by atoms with van der Waals surface area (Å²) < 4.78 is 0. The van der Waals surface area contributed by atoms with Crippen LogP contribution >= 0.6 is 0 Å². The molecule has 1 amide bonds. The minimum absolute atomic E-state index is 0.120. The Kier molecular flexibility index (Phi) is 5.25. The van der Waals surface area contributed by atoms with E-state index in [1.165, 1.54) is 0 Å². The number of rotatable bonds is 5. The highest BCUT2D eigenvalue weighted by atomic mass is 16.1. The van der Waals surface area contributed by atoms with Crippen LogP contribution in [0.15, 0.2) is 85.2 Å². The maximum atomic E-state index is 13.4. The van der Waals surface area contributed by atoms with Gasteiger partial charge < -0.3 is 10.3 Å². The zero-order valence-corrected chi connectivity index (χ0v) is 16.5. The van der Waals surface area contributed by atoms with Gasteiger partial charge in [0.05, 0.1) is 11.3 Å². The first-order valence-electron chi connectivity index (χ1n) is 9.73. The van der Waals surface area contributed by atoms with Gasteiger partial charge in [0.15, 0.2) is 0 Å². The van der Waals surface area contributed by atoms with Gasteiger partial charge in [-0.25, -0.2) is 0 Å². The third kappa shape index (κ3) is 3.83. The number of carbonyl (C=O) groups excluding carboxylic acids is 1. The predicted molar refractivity (Wildman–Crippen MR) is 118 cm³/mol. The summed E-state index contributed by atoms with van der Waals surface area (Å²) in [5.74, 6) is 0.0368. The van der Waals surface area contributed by atoms with Crippen molar-refractivity contribution < 1.29 is 4.79 Å². The molecule has 0 aliphatic carbocycles. The largest absolute Gasteiger partial charge is 0.357 e. The van der Waals surface area contributed by atoms with Crippen LogP contribution in [0.2, 0.25) is 0 Å². The van der Waals surface area contributed by atoms with Crippen LogP contribution in [-0.4, -0.2) is 15.9 Å². The Balaban J connectivity index is 1.93. The van der Waals surface area contributed by atoms with Gasteiger partial charge in [-0.1, -0.05) is 62.4 Å². The Labute approximate surface area is 170 Å². The van der Waals surface area contributed by atoms with Crippen LogP contribution in [0.3, 0.4) is 0 Å². The molecule has 0 saturated carbocycles. The number of hydrogen-bond acceptors (Lipinski definition) is 2. The zero-order chi connectivity index (χ0) is 20.2. The molecule has 0 radical (unpaired) electrons. The molecule has 0 bridgehead atoms. The van der Waals surface area contributed by atoms with Crippen molar-refractivity contribution in [3.8, 4) is 22.4 Å². The van der Waals surface area contributed by atoms with Crippen LogP contribution in [-0.2, 0) is 0 Å². The number of carbonyl (C=O) groups is 1. The van der Waals surface area contributed by atoms with E-state index in [1.54, 1.807) is 12.4 Å². The number of amides is 1. The molecule has 4 heteroatoms. The lowest BCUT2D eigenvalue weighted by Gasteiger charge is -2.11. The maximum Gasteiger partial charge on any atom is 0.258 e. The van der Waals surface area contributed by atoms with E-state index >= 15 is 0 Å². The van der Waals surface area contributed by atoms with Gasteiger partial charge in [0.25, 0.3) is 5.91 Å². The van der Waals surface area contributed by atoms with E-state index in [0.29, 0.717) is 5.56 Å². The van der Waals surface area contributed by atoms with E-state index in [-0.39, 0.29) is 11.8 Å². The summed E-state index contributed by atoms with van der Waals surface area (Å²) in [6, 6.07) is 23.5. The topological polar surface area (TPSA) is 57.8 Å². The number of anilines is 1. The molecule has 144 valence electrons. The molecule has 4 aromatic rings. The van der Waals surface area contributed by atoms with E-state index in [0.717, 1.165) is 33.8 Å². The second-order valence-corrected chi connectivity index (χ2v) is 7.24. The van der Waals surface area contributed by atoms with Crippen LogP contribution in [0.5, 0.6) is 0 Å². The molecular formula is C25H23N3O. The Morgan fingerprint density at radius 2 is 1.48 bits per heavy atom. The summed E-state index contributed by atoms with van der Waals surface area (Å²) in [7, 11) is 0. The van der Waals surface area contributed by atoms with Gasteiger partial charge in [-0.15, -0.1) is 0 Å². The first-order chi connectivity index (χ1) is 14.1. The first-order valence-corrected chi connectivity index (χ1v) is 9.73. The second-order valence-electron chi connectivity index (χ2n) is 7.24. The predicted octanol–water partition coefficient (Wildman–Crippen LogP) is 6.12. The van der Waals surface area contributed by atoms with E-state index in [1.807, 2.05) is 60.7 Å². The van der Waals surface area contributed by atoms with Crippen molar-refractivity contribution >= 4 is 11.6 Å². The number of aromatic amines is 1. The molecular weight excluding hydrogens is 358 g/mol. The normalized spacial score (nSPS) is 10.9. The number of nitrogens with one attached hydrogen (secondary N) is 2. The van der Waals surface area contributed by atoms with Crippen molar-refractivity contribution in [2.24, 2.45) is 0 Å². The summed E-state index contributed by atoms with van der Waals surface area (Å²) in [6.07, 6.45) is 3.51. The van der Waals surface area contributed by atoms with Gasteiger partial charge in [-0.3, -0.25) is 9.78 Å². The number of para-hydroxylation sites is 1. The molecule has 0 fully saturated rings. The van der Waals surface area contributed by atoms with Crippen molar-refractivity contribution in [1.29, 1.82) is 0 Å². The molecule has 0 unspecified atom stereocenters. The van der Waals surface area contributed by atoms with E-state index < -0.39 is 0 Å². The summed E-state index contributed by atoms with van der Waals surface area (Å²) in [5, 5.41) is 3.05. The molecule has 29 heavy (non-hydrogen) atoms. The highest BCUT2D eigenvalue weighted by molar-refractivity contribution is 6.12. The van der Waals surface area contributed by atoms with Crippen LogP contribution < -0.4 is 5.32 Å². The van der Waals surface area contributed by atoms with Crippen molar-refractivity contribution in [2.75, 3.05) is 5.32 Å². The Bertz CT molecular complexity index is 1100. The van der Waals surface area contributed by atoms with E-state index in [4.69, 9.17) is 0 Å². The average Bonchev–Trinajstić information content (AvgIpc) is 3.17. The van der Waals surface area contributed by atoms with Crippen molar-refractivity contribution in [3.63, 3.8) is 0 Å². The fraction of sp³-hybridized carbons (Fsp3) is 0.120. The molecule has 2 N–H and O–H groups in total. The van der Waals surface area contributed by atoms with Gasteiger partial charge in [0.2, 0.25) is 0 Å². The summed E-state index contributed by atoms with van der Waals surface area (Å²) in [5.41, 5.74) is 6.21. The number of nitrogens with zero attached hydrogens (tertiary/aromatic N) is 1. The smallest absolute Gasteiger partial charge is 0.258 e. The zero-order valence-electron chi connectivity index (χ0n) is 16.5. The Hall–Kier alpha value is -3.66. The first kappa shape index (κ1) is 18.7. The molecule has 0 aliphatic rings. The van der Waals surface area contributed by atoms with Crippen LogP contribution in [0.1, 0.15) is 35.8 Å². The highest BCUT2D eigenvalue weighted by Crippen LogP contribution is 2.39. The molecule has 0 atom stereocenters. The lowest BCUT2D eigenvalue weighted by molar-refractivity contribution is 0.102. The molecule has 4 nitrogen and oxygen atoms in total. The monoisotopic (exact) mass is 381 g/mol. The lowest BCUT2D eigenvalue weighted by atomic mass is 9.95. The standard InChI is InChI=1S/C25H23N3O/c1-17(2)23-22(25(29)27-20-11-7-4-8-12-20)21(18-13-15-26-16-14-18)24(28-23)19-9-5-3-6-10-19/h3-17,28H,1-2H3,(H,27,29). The fourth-order valence-corrected chi connectivity index (χ4v) is 3.53. The molecule has 4 rings (SSSR count). The van der Waals surface area contributed by atoms with Crippen molar-refractivity contribution in [3.05, 3.63) is 96.4 Å². The van der Waals surface area contributed by atoms with Gasteiger partial charge in [-0.2, -0.15) is 0 Å². The summed E-state index contributed by atoms with van der Waals surface area (Å²) in [6.45, 7) is 4.19. The molecule has 2 aromatic carbocycles. The van der Waals surface area contributed by atoms with Crippen LogP contribution in [0.25, 0.3) is 22.4 Å². The number of pyridine rings is 1. The minimum Gasteiger partial charge on any atom is -0.357 e. The quantitative estimate of drug-likeness (QED) is 0.437. The molecule has 0 saturated heterocycles. The molecule has 0 spiro atoms. The highest BCUT2D eigenvalue weighted by Gasteiger charge is 2.26. The second kappa shape index (κ2) is 8.15. The lowest BCUT2D eigenvalue weighted by Crippen LogP contribution is -2.15. The van der Waals surface area contributed by atoms with Crippen molar-refractivity contribution in [1.82, 2.24) is 9.97 Å². The third-order valence-electron chi connectivity index (χ3n) is 4.90. The van der Waals surface area contributed by atoms with Gasteiger partial charge in [0.1, 0.15) is 0 Å². The number of H-pyrrole nitrogens is 1. The Morgan fingerprint density at radius 3 is 2.10 bits per heavy atom. The molecule has 0 aliphatic heterocycles. The number of benzene rings is 2. The van der Waals surface area contributed by atoms with Gasteiger partial charge in [0, 0.05) is 29.3 Å². The minimum atomic E-state index is -0.120. The number of aromatic nitrogens is 2. The van der Waals surface area contributed by atoms with Crippen molar-refractivity contribution in [2.45, 2.75) is 19.8 Å². The molecule has 2 heterocycles. The SMILES string of the molecule is CC(C)c1[nH]c(-c2ccccc2)c(-c2ccncc2)c1C(=O)Nc1ccccc1. The van der Waals surface area contributed by atoms with Gasteiger partial charge in [-0.05, 0) is 41.3 Å². The average molecular weight is 381 g/mol. The van der Waals surface area contributed by atoms with E-state index in [2.05, 4.69) is 41.3 Å². The maximum absolute atomic E-state index is 13.4. The third-order valence-corrected chi connectivity index (χ3v) is 4.90. The van der Waals surface area contributed by atoms with E-state index in [9.17, 15) is 4.79 Å². The summed E-state index contributed by atoms with van der Waals surface area (Å²) in [4.78, 5) is 21.1. The van der Waals surface area contributed by atoms with Crippen LogP contribution in [0.4, 0.5) is 5.69 Å². The fourth-order valence-electron chi connectivity index (χ4n) is 3.53.